The van der Waals surface area contributed by atoms with Gasteiger partial charge in [-0.3, -0.25) is 0 Å². The van der Waals surface area contributed by atoms with Crippen LogP contribution in [-0.2, 0) is 6.18 Å². The van der Waals surface area contributed by atoms with Crippen molar-refractivity contribution in [1.82, 2.24) is 15.0 Å². The number of pyridine rings is 1. The van der Waals surface area contributed by atoms with Gasteiger partial charge in [0.25, 0.3) is 0 Å². The van der Waals surface area contributed by atoms with E-state index in [4.69, 9.17) is 14.2 Å². The summed E-state index contributed by atoms with van der Waals surface area (Å²) in [6.45, 7) is 0.156. The number of benzene rings is 2. The first-order valence-corrected chi connectivity index (χ1v) is 8.83. The van der Waals surface area contributed by atoms with E-state index in [1.807, 2.05) is 0 Å². The van der Waals surface area contributed by atoms with Crippen LogP contribution >= 0.6 is 0 Å². The van der Waals surface area contributed by atoms with Crippen molar-refractivity contribution in [3.8, 4) is 23.1 Å². The molecule has 0 bridgehead atoms. The number of para-hydroxylation sites is 1. The third-order valence-corrected chi connectivity index (χ3v) is 4.40. The molecule has 2 aromatic carbocycles. The average Bonchev–Trinajstić information content (AvgIpc) is 3.32. The smallest absolute Gasteiger partial charge is 0.419 e. The van der Waals surface area contributed by atoms with E-state index in [0.29, 0.717) is 34.2 Å². The molecule has 2 N–H and O–H groups in total. The zero-order chi connectivity index (χ0) is 20.7. The molecular formula is C20H13F3N4O3. The van der Waals surface area contributed by atoms with Crippen molar-refractivity contribution in [3.05, 3.63) is 60.3 Å². The standard InChI is InChI=1S/C20H13F3N4O3/c21-20(22,23)11-4-1-2-6-15(11)30-18-12(5-3-7-24-18)25-19-26-13-8-16-17(29-10-28-16)9-14(13)27-19/h1-9H,10H2,(H2,25,26,27). The van der Waals surface area contributed by atoms with E-state index >= 15 is 0 Å². The van der Waals surface area contributed by atoms with Crippen LogP contribution in [0, 0.1) is 0 Å². The van der Waals surface area contributed by atoms with Crippen molar-refractivity contribution in [2.24, 2.45) is 0 Å². The van der Waals surface area contributed by atoms with Crippen molar-refractivity contribution in [1.29, 1.82) is 0 Å². The lowest BCUT2D eigenvalue weighted by Crippen LogP contribution is -2.07. The number of nitrogens with zero attached hydrogens (tertiary/aromatic N) is 2. The topological polar surface area (TPSA) is 81.3 Å². The first kappa shape index (κ1) is 18.1. The highest BCUT2D eigenvalue weighted by Crippen LogP contribution is 2.39. The summed E-state index contributed by atoms with van der Waals surface area (Å²) in [5, 5.41) is 3.00. The van der Waals surface area contributed by atoms with E-state index in [2.05, 4.69) is 20.3 Å². The van der Waals surface area contributed by atoms with Crippen LogP contribution in [0.5, 0.6) is 23.1 Å². The molecule has 152 valence electrons. The zero-order valence-electron chi connectivity index (χ0n) is 15.2. The lowest BCUT2D eigenvalue weighted by molar-refractivity contribution is -0.138. The Kier molecular flexibility index (Phi) is 4.12. The molecule has 0 saturated heterocycles. The summed E-state index contributed by atoms with van der Waals surface area (Å²) < 4.78 is 56.0. The molecule has 30 heavy (non-hydrogen) atoms. The summed E-state index contributed by atoms with van der Waals surface area (Å²) in [6.07, 6.45) is -3.13. The number of hydrogen-bond donors (Lipinski definition) is 2. The highest BCUT2D eigenvalue weighted by Gasteiger charge is 2.34. The maximum Gasteiger partial charge on any atom is 0.419 e. The molecule has 0 radical (unpaired) electrons. The highest BCUT2D eigenvalue weighted by atomic mass is 19.4. The average molecular weight is 414 g/mol. The quantitative estimate of drug-likeness (QED) is 0.475. The molecule has 10 heteroatoms. The van der Waals surface area contributed by atoms with E-state index in [0.717, 1.165) is 6.07 Å². The summed E-state index contributed by atoms with van der Waals surface area (Å²) in [5.74, 6) is 1.18. The van der Waals surface area contributed by atoms with Gasteiger partial charge in [-0.15, -0.1) is 0 Å². The van der Waals surface area contributed by atoms with Crippen molar-refractivity contribution in [2.45, 2.75) is 6.18 Å². The van der Waals surface area contributed by atoms with Gasteiger partial charge >= 0.3 is 6.18 Å². The number of H-pyrrole nitrogens is 1. The molecule has 3 heterocycles. The maximum atomic E-state index is 13.3. The molecule has 0 amide bonds. The fraction of sp³-hybridized carbons (Fsp3) is 0.100. The number of aromatic nitrogens is 3. The molecule has 2 aromatic heterocycles. The van der Waals surface area contributed by atoms with Crippen LogP contribution in [0.15, 0.2) is 54.7 Å². The number of alkyl halides is 3. The molecule has 1 aliphatic heterocycles. The molecule has 0 atom stereocenters. The van der Waals surface area contributed by atoms with E-state index < -0.39 is 11.7 Å². The Hall–Kier alpha value is -3.95. The van der Waals surface area contributed by atoms with Gasteiger partial charge in [0.05, 0.1) is 16.6 Å². The highest BCUT2D eigenvalue weighted by molar-refractivity contribution is 5.82. The minimum atomic E-state index is -4.55. The second-order valence-electron chi connectivity index (χ2n) is 6.39. The Morgan fingerprint density at radius 1 is 1.03 bits per heavy atom. The Balaban J connectivity index is 1.46. The van der Waals surface area contributed by atoms with Gasteiger partial charge in [-0.05, 0) is 24.3 Å². The number of fused-ring (bicyclic) bond motifs is 2. The Labute approximate surface area is 167 Å². The summed E-state index contributed by atoms with van der Waals surface area (Å²) >= 11 is 0. The second kappa shape index (κ2) is 6.83. The van der Waals surface area contributed by atoms with Gasteiger partial charge in [0.2, 0.25) is 18.6 Å². The molecule has 0 unspecified atom stereocenters. The number of ether oxygens (including phenoxy) is 3. The molecule has 0 aliphatic carbocycles. The lowest BCUT2D eigenvalue weighted by Gasteiger charge is -2.14. The number of rotatable bonds is 4. The van der Waals surface area contributed by atoms with Gasteiger partial charge in [0.1, 0.15) is 11.4 Å². The molecular weight excluding hydrogens is 401 g/mol. The fourth-order valence-corrected chi connectivity index (χ4v) is 3.05. The first-order chi connectivity index (χ1) is 14.5. The number of halogens is 3. The van der Waals surface area contributed by atoms with Gasteiger partial charge in [-0.25, -0.2) is 9.97 Å². The zero-order valence-corrected chi connectivity index (χ0v) is 15.2. The summed E-state index contributed by atoms with van der Waals surface area (Å²) in [4.78, 5) is 11.6. The maximum absolute atomic E-state index is 13.3. The summed E-state index contributed by atoms with van der Waals surface area (Å²) in [7, 11) is 0. The van der Waals surface area contributed by atoms with Crippen molar-refractivity contribution in [3.63, 3.8) is 0 Å². The molecule has 1 aliphatic rings. The third-order valence-electron chi connectivity index (χ3n) is 4.40. The summed E-state index contributed by atoms with van der Waals surface area (Å²) in [5.41, 5.74) is 0.791. The minimum absolute atomic E-state index is 0.0242. The van der Waals surface area contributed by atoms with Crippen LogP contribution in [0.2, 0.25) is 0 Å². The van der Waals surface area contributed by atoms with E-state index in [-0.39, 0.29) is 18.4 Å². The lowest BCUT2D eigenvalue weighted by atomic mass is 10.2. The van der Waals surface area contributed by atoms with E-state index in [1.54, 1.807) is 24.3 Å². The SMILES string of the molecule is FC(F)(F)c1ccccc1Oc1ncccc1Nc1nc2cc3c(cc2[nH]1)OCO3. The van der Waals surface area contributed by atoms with Crippen LogP contribution in [0.4, 0.5) is 24.8 Å². The van der Waals surface area contributed by atoms with Gasteiger partial charge in [0.15, 0.2) is 11.5 Å². The predicted octanol–water partition coefficient (Wildman–Crippen LogP) is 5.24. The number of anilines is 2. The first-order valence-electron chi connectivity index (χ1n) is 8.83. The van der Waals surface area contributed by atoms with Gasteiger partial charge < -0.3 is 24.5 Å². The van der Waals surface area contributed by atoms with Gasteiger partial charge in [-0.2, -0.15) is 13.2 Å². The van der Waals surface area contributed by atoms with Crippen LogP contribution < -0.4 is 19.5 Å². The Bertz CT molecular complexity index is 1200. The molecule has 7 nitrogen and oxygen atoms in total. The van der Waals surface area contributed by atoms with Crippen LogP contribution in [0.25, 0.3) is 11.0 Å². The van der Waals surface area contributed by atoms with Crippen molar-refractivity contribution < 1.29 is 27.4 Å². The predicted molar refractivity (Wildman–Crippen MR) is 101 cm³/mol. The fourth-order valence-electron chi connectivity index (χ4n) is 3.05. The van der Waals surface area contributed by atoms with Crippen LogP contribution in [0.3, 0.4) is 0 Å². The van der Waals surface area contributed by atoms with Crippen LogP contribution in [-0.4, -0.2) is 21.7 Å². The van der Waals surface area contributed by atoms with Gasteiger partial charge in [-0.1, -0.05) is 12.1 Å². The third kappa shape index (κ3) is 3.32. The second-order valence-corrected chi connectivity index (χ2v) is 6.39. The molecule has 4 aromatic rings. The van der Waals surface area contributed by atoms with E-state index in [1.165, 1.54) is 24.4 Å². The van der Waals surface area contributed by atoms with Gasteiger partial charge in [0, 0.05) is 18.3 Å². The molecule has 0 saturated carbocycles. The molecule has 0 fully saturated rings. The van der Waals surface area contributed by atoms with Crippen LogP contribution in [0.1, 0.15) is 5.56 Å². The van der Waals surface area contributed by atoms with Crippen molar-refractivity contribution >= 4 is 22.7 Å². The number of imidazole rings is 1. The van der Waals surface area contributed by atoms with Crippen molar-refractivity contribution in [2.75, 3.05) is 12.1 Å². The largest absolute Gasteiger partial charge is 0.454 e. The number of aromatic amines is 1. The Morgan fingerprint density at radius 2 is 1.83 bits per heavy atom. The molecule has 5 rings (SSSR count). The monoisotopic (exact) mass is 414 g/mol. The molecule has 0 spiro atoms. The number of hydrogen-bond acceptors (Lipinski definition) is 6. The minimum Gasteiger partial charge on any atom is -0.454 e. The number of nitrogens with one attached hydrogen (secondary N) is 2. The summed E-state index contributed by atoms with van der Waals surface area (Å²) in [6, 6.07) is 11.7. The van der Waals surface area contributed by atoms with E-state index in [9.17, 15) is 13.2 Å². The Morgan fingerprint density at radius 3 is 2.67 bits per heavy atom. The normalized spacial score (nSPS) is 12.9.